The van der Waals surface area contributed by atoms with Crippen LogP contribution >= 0.6 is 0 Å². The van der Waals surface area contributed by atoms with Crippen molar-refractivity contribution in [3.63, 3.8) is 0 Å². The minimum atomic E-state index is -0.296. The van der Waals surface area contributed by atoms with Gasteiger partial charge in [-0.25, -0.2) is 0 Å². The maximum atomic E-state index is 10.9. The van der Waals surface area contributed by atoms with Gasteiger partial charge in [-0.1, -0.05) is 12.1 Å². The first-order valence-electron chi connectivity index (χ1n) is 6.84. The molecule has 104 valence electrons. The van der Waals surface area contributed by atoms with Crippen LogP contribution in [0.3, 0.4) is 0 Å². The summed E-state index contributed by atoms with van der Waals surface area (Å²) in [6, 6.07) is 5.56. The molecule has 1 N–H and O–H groups in total. The molecule has 1 aliphatic rings. The van der Waals surface area contributed by atoms with Gasteiger partial charge in [0.05, 0.1) is 4.92 Å². The van der Waals surface area contributed by atoms with Gasteiger partial charge < -0.3 is 10.2 Å². The molecule has 0 aliphatic carbocycles. The first kappa shape index (κ1) is 14.0. The number of aryl methyl sites for hydroxylation is 2. The average Bonchev–Trinajstić information content (AvgIpc) is 2.41. The molecule has 1 fully saturated rings. The van der Waals surface area contributed by atoms with E-state index in [4.69, 9.17) is 0 Å². The van der Waals surface area contributed by atoms with E-state index in [0.717, 1.165) is 56.7 Å². The van der Waals surface area contributed by atoms with Gasteiger partial charge in [-0.05, 0) is 31.9 Å². The Morgan fingerprint density at radius 3 is 2.79 bits per heavy atom. The van der Waals surface area contributed by atoms with Crippen molar-refractivity contribution in [3.05, 3.63) is 39.4 Å². The van der Waals surface area contributed by atoms with Crippen LogP contribution < -0.4 is 5.32 Å². The third-order valence-corrected chi connectivity index (χ3v) is 3.62. The predicted molar refractivity (Wildman–Crippen MR) is 75.5 cm³/mol. The number of hydrogen-bond donors (Lipinski definition) is 1. The zero-order valence-corrected chi connectivity index (χ0v) is 11.4. The Morgan fingerprint density at radius 1 is 1.37 bits per heavy atom. The van der Waals surface area contributed by atoms with Gasteiger partial charge in [-0.2, -0.15) is 0 Å². The van der Waals surface area contributed by atoms with E-state index in [-0.39, 0.29) is 10.6 Å². The zero-order valence-electron chi connectivity index (χ0n) is 11.4. The summed E-state index contributed by atoms with van der Waals surface area (Å²) >= 11 is 0. The molecule has 1 aromatic carbocycles. The highest BCUT2D eigenvalue weighted by Gasteiger charge is 2.12. The Balaban J connectivity index is 1.85. The lowest BCUT2D eigenvalue weighted by Crippen LogP contribution is -2.43. The standard InChI is InChI=1S/C14H21N3O2/c1-12-4-5-13(11-14(12)17(18)19)3-2-8-16-9-6-15-7-10-16/h4-5,11,15H,2-3,6-10H2,1H3. The molecule has 1 aromatic rings. The molecule has 0 amide bonds. The summed E-state index contributed by atoms with van der Waals surface area (Å²) in [5.41, 5.74) is 2.03. The quantitative estimate of drug-likeness (QED) is 0.649. The first-order chi connectivity index (χ1) is 9.16. The fraction of sp³-hybridized carbons (Fsp3) is 0.571. The fourth-order valence-electron chi connectivity index (χ4n) is 2.45. The fourth-order valence-corrected chi connectivity index (χ4v) is 2.45. The van der Waals surface area contributed by atoms with E-state index < -0.39 is 0 Å². The maximum Gasteiger partial charge on any atom is 0.272 e. The lowest BCUT2D eigenvalue weighted by molar-refractivity contribution is -0.385. The van der Waals surface area contributed by atoms with Gasteiger partial charge in [0.1, 0.15) is 0 Å². The maximum absolute atomic E-state index is 10.9. The summed E-state index contributed by atoms with van der Waals surface area (Å²) in [6.07, 6.45) is 1.96. The van der Waals surface area contributed by atoms with E-state index in [1.54, 1.807) is 13.0 Å². The number of nitro benzene ring substituents is 1. The number of piperazine rings is 1. The summed E-state index contributed by atoms with van der Waals surface area (Å²) < 4.78 is 0. The molecule has 0 aromatic heterocycles. The molecule has 0 unspecified atom stereocenters. The topological polar surface area (TPSA) is 58.4 Å². The number of benzene rings is 1. The molecule has 0 saturated carbocycles. The van der Waals surface area contributed by atoms with E-state index in [1.165, 1.54) is 0 Å². The van der Waals surface area contributed by atoms with Crippen molar-refractivity contribution in [1.82, 2.24) is 10.2 Å². The summed E-state index contributed by atoms with van der Waals surface area (Å²) in [6.45, 7) is 7.19. The van der Waals surface area contributed by atoms with Gasteiger partial charge in [0.15, 0.2) is 0 Å². The number of nitrogens with zero attached hydrogens (tertiary/aromatic N) is 2. The monoisotopic (exact) mass is 263 g/mol. The molecule has 5 nitrogen and oxygen atoms in total. The number of rotatable bonds is 5. The van der Waals surface area contributed by atoms with Gasteiger partial charge in [0.2, 0.25) is 0 Å². The lowest BCUT2D eigenvalue weighted by atomic mass is 10.1. The van der Waals surface area contributed by atoms with Crippen molar-refractivity contribution in [2.75, 3.05) is 32.7 Å². The molecular formula is C14H21N3O2. The SMILES string of the molecule is Cc1ccc(CCCN2CCNCC2)cc1[N+](=O)[O-]. The second-order valence-electron chi connectivity index (χ2n) is 5.07. The summed E-state index contributed by atoms with van der Waals surface area (Å²) in [5, 5.41) is 14.2. The molecule has 19 heavy (non-hydrogen) atoms. The zero-order chi connectivity index (χ0) is 13.7. The molecule has 0 spiro atoms. The highest BCUT2D eigenvalue weighted by atomic mass is 16.6. The van der Waals surface area contributed by atoms with Crippen LogP contribution in [0.5, 0.6) is 0 Å². The first-order valence-corrected chi connectivity index (χ1v) is 6.84. The van der Waals surface area contributed by atoms with E-state index in [0.29, 0.717) is 0 Å². The summed E-state index contributed by atoms with van der Waals surface area (Å²) in [7, 11) is 0. The molecule has 1 aliphatic heterocycles. The number of hydrogen-bond acceptors (Lipinski definition) is 4. The highest BCUT2D eigenvalue weighted by Crippen LogP contribution is 2.20. The number of nitrogens with one attached hydrogen (secondary N) is 1. The Morgan fingerprint density at radius 2 is 2.11 bits per heavy atom. The smallest absolute Gasteiger partial charge is 0.272 e. The Labute approximate surface area is 113 Å². The largest absolute Gasteiger partial charge is 0.314 e. The second kappa shape index (κ2) is 6.63. The van der Waals surface area contributed by atoms with Crippen molar-refractivity contribution in [3.8, 4) is 0 Å². The van der Waals surface area contributed by atoms with Crippen molar-refractivity contribution in [2.45, 2.75) is 19.8 Å². The van der Waals surface area contributed by atoms with Crippen LogP contribution in [0.25, 0.3) is 0 Å². The van der Waals surface area contributed by atoms with Crippen molar-refractivity contribution >= 4 is 5.69 Å². The molecule has 1 saturated heterocycles. The molecule has 0 radical (unpaired) electrons. The summed E-state index contributed by atoms with van der Waals surface area (Å²) in [5.74, 6) is 0. The minimum Gasteiger partial charge on any atom is -0.314 e. The minimum absolute atomic E-state index is 0.236. The van der Waals surface area contributed by atoms with Crippen LogP contribution in [-0.4, -0.2) is 42.5 Å². The third kappa shape index (κ3) is 4.01. The molecule has 1 heterocycles. The number of nitro groups is 1. The third-order valence-electron chi connectivity index (χ3n) is 3.62. The molecule has 0 bridgehead atoms. The van der Waals surface area contributed by atoms with Gasteiger partial charge in [0, 0.05) is 37.8 Å². The Bertz CT molecular complexity index is 442. The van der Waals surface area contributed by atoms with Crippen LogP contribution in [0.4, 0.5) is 5.69 Å². The van der Waals surface area contributed by atoms with Crippen molar-refractivity contribution in [2.24, 2.45) is 0 Å². The lowest BCUT2D eigenvalue weighted by Gasteiger charge is -2.27. The van der Waals surface area contributed by atoms with E-state index >= 15 is 0 Å². The van der Waals surface area contributed by atoms with Crippen LogP contribution in [0.2, 0.25) is 0 Å². The van der Waals surface area contributed by atoms with Gasteiger partial charge in [0.25, 0.3) is 5.69 Å². The molecule has 2 rings (SSSR count). The van der Waals surface area contributed by atoms with E-state index in [9.17, 15) is 10.1 Å². The Hall–Kier alpha value is -1.46. The van der Waals surface area contributed by atoms with Crippen LogP contribution in [0.1, 0.15) is 17.5 Å². The van der Waals surface area contributed by atoms with Crippen molar-refractivity contribution < 1.29 is 4.92 Å². The summed E-state index contributed by atoms with van der Waals surface area (Å²) in [4.78, 5) is 13.0. The van der Waals surface area contributed by atoms with E-state index in [1.807, 2.05) is 12.1 Å². The van der Waals surface area contributed by atoms with Crippen LogP contribution in [0.15, 0.2) is 18.2 Å². The Kier molecular flexibility index (Phi) is 4.87. The van der Waals surface area contributed by atoms with Gasteiger partial charge in [-0.3, -0.25) is 10.1 Å². The van der Waals surface area contributed by atoms with Crippen LogP contribution in [0, 0.1) is 17.0 Å². The van der Waals surface area contributed by atoms with Gasteiger partial charge >= 0.3 is 0 Å². The second-order valence-corrected chi connectivity index (χ2v) is 5.07. The van der Waals surface area contributed by atoms with E-state index in [2.05, 4.69) is 10.2 Å². The molecular weight excluding hydrogens is 242 g/mol. The van der Waals surface area contributed by atoms with Crippen LogP contribution in [-0.2, 0) is 6.42 Å². The molecule has 5 heteroatoms. The average molecular weight is 263 g/mol. The normalized spacial score (nSPS) is 16.5. The highest BCUT2D eigenvalue weighted by molar-refractivity contribution is 5.42. The van der Waals surface area contributed by atoms with Gasteiger partial charge in [-0.15, -0.1) is 0 Å². The van der Waals surface area contributed by atoms with Crippen molar-refractivity contribution in [1.29, 1.82) is 0 Å². The predicted octanol–water partition coefficient (Wildman–Crippen LogP) is 1.74. The molecule has 0 atom stereocenters.